The number of nitrogens with one attached hydrogen (secondary N) is 1. The van der Waals surface area contributed by atoms with Gasteiger partial charge in [-0.05, 0) is 6.92 Å². The maximum Gasteiger partial charge on any atom is 0.307 e. The van der Waals surface area contributed by atoms with Crippen LogP contribution >= 0.6 is 11.3 Å². The van der Waals surface area contributed by atoms with Crippen LogP contribution in [0.4, 0.5) is 5.13 Å². The van der Waals surface area contributed by atoms with Crippen LogP contribution in [0.2, 0.25) is 0 Å². The first-order chi connectivity index (χ1) is 7.76. The largest absolute Gasteiger partial charge is 0.466 e. The molecule has 7 heteroatoms. The molecule has 0 spiro atoms. The molecule has 0 fully saturated rings. The average Bonchev–Trinajstić information content (AvgIpc) is 2.67. The molecule has 90 valence electrons. The van der Waals surface area contributed by atoms with Crippen LogP contribution in [0.3, 0.4) is 0 Å². The lowest BCUT2D eigenvalue weighted by Gasteiger charge is -2.01. The molecule has 1 aromatic rings. The molecular weight excluding hydrogens is 230 g/mol. The fraction of sp³-hybridized carbons (Fsp3) is 0.667. The van der Waals surface area contributed by atoms with Gasteiger partial charge in [-0.2, -0.15) is 0 Å². The van der Waals surface area contributed by atoms with E-state index in [1.54, 1.807) is 14.0 Å². The summed E-state index contributed by atoms with van der Waals surface area (Å²) < 4.78 is 9.71. The van der Waals surface area contributed by atoms with Crippen molar-refractivity contribution in [2.45, 2.75) is 20.0 Å². The molecule has 0 bridgehead atoms. The van der Waals surface area contributed by atoms with Crippen molar-refractivity contribution in [3.05, 3.63) is 5.01 Å². The summed E-state index contributed by atoms with van der Waals surface area (Å²) in [5, 5.41) is 12.3. The number of methoxy groups -OCH3 is 1. The van der Waals surface area contributed by atoms with E-state index in [1.165, 1.54) is 11.3 Å². The Morgan fingerprint density at radius 3 is 3.00 bits per heavy atom. The monoisotopic (exact) mass is 245 g/mol. The summed E-state index contributed by atoms with van der Waals surface area (Å²) in [5.74, 6) is -0.211. The maximum absolute atomic E-state index is 11.0. The SMILES string of the molecule is CCOC(=O)CCNc1nnc(COC)s1. The first-order valence-electron chi connectivity index (χ1n) is 4.97. The lowest BCUT2D eigenvalue weighted by atomic mass is 10.4. The molecule has 1 heterocycles. The van der Waals surface area contributed by atoms with Crippen molar-refractivity contribution in [2.75, 3.05) is 25.6 Å². The van der Waals surface area contributed by atoms with Crippen LogP contribution in [0.5, 0.6) is 0 Å². The van der Waals surface area contributed by atoms with Crippen LogP contribution in [0.15, 0.2) is 0 Å². The Bertz CT molecular complexity index is 330. The zero-order chi connectivity index (χ0) is 11.8. The Kier molecular flexibility index (Phi) is 5.73. The highest BCUT2D eigenvalue weighted by molar-refractivity contribution is 7.15. The average molecular weight is 245 g/mol. The summed E-state index contributed by atoms with van der Waals surface area (Å²) in [4.78, 5) is 11.0. The van der Waals surface area contributed by atoms with Crippen LogP contribution < -0.4 is 5.32 Å². The molecular formula is C9H15N3O3S. The van der Waals surface area contributed by atoms with Gasteiger partial charge in [0.25, 0.3) is 0 Å². The topological polar surface area (TPSA) is 73.3 Å². The predicted molar refractivity (Wildman–Crippen MR) is 60.4 cm³/mol. The Morgan fingerprint density at radius 1 is 1.50 bits per heavy atom. The minimum atomic E-state index is -0.211. The van der Waals surface area contributed by atoms with Gasteiger partial charge in [-0.15, -0.1) is 10.2 Å². The van der Waals surface area contributed by atoms with Gasteiger partial charge < -0.3 is 14.8 Å². The van der Waals surface area contributed by atoms with Crippen LogP contribution in [-0.4, -0.2) is 36.4 Å². The molecule has 0 atom stereocenters. The molecule has 0 saturated heterocycles. The first kappa shape index (κ1) is 12.9. The van der Waals surface area contributed by atoms with Crippen LogP contribution in [-0.2, 0) is 20.9 Å². The molecule has 1 aromatic heterocycles. The van der Waals surface area contributed by atoms with E-state index in [0.717, 1.165) is 5.01 Å². The second-order valence-electron chi connectivity index (χ2n) is 2.92. The molecule has 0 unspecified atom stereocenters. The number of carbonyl (C=O) groups is 1. The fourth-order valence-electron chi connectivity index (χ4n) is 1.01. The number of rotatable bonds is 7. The number of aromatic nitrogens is 2. The van der Waals surface area contributed by atoms with E-state index in [2.05, 4.69) is 15.5 Å². The van der Waals surface area contributed by atoms with E-state index < -0.39 is 0 Å². The van der Waals surface area contributed by atoms with E-state index in [0.29, 0.717) is 31.3 Å². The standard InChI is InChI=1S/C9H15N3O3S/c1-3-15-8(13)4-5-10-9-12-11-7(16-9)6-14-2/h3-6H2,1-2H3,(H,10,12). The van der Waals surface area contributed by atoms with E-state index in [4.69, 9.17) is 9.47 Å². The molecule has 1 N–H and O–H groups in total. The smallest absolute Gasteiger partial charge is 0.307 e. The molecule has 0 aliphatic carbocycles. The lowest BCUT2D eigenvalue weighted by molar-refractivity contribution is -0.142. The Balaban J connectivity index is 2.23. The quantitative estimate of drug-likeness (QED) is 0.724. The number of carbonyl (C=O) groups excluding carboxylic acids is 1. The molecule has 6 nitrogen and oxygen atoms in total. The van der Waals surface area contributed by atoms with Crippen LogP contribution in [0.25, 0.3) is 0 Å². The molecule has 0 aliphatic heterocycles. The van der Waals surface area contributed by atoms with Gasteiger partial charge in [0.2, 0.25) is 5.13 Å². The van der Waals surface area contributed by atoms with Gasteiger partial charge in [-0.1, -0.05) is 11.3 Å². The molecule has 0 amide bonds. The summed E-state index contributed by atoms with van der Waals surface area (Å²) in [7, 11) is 1.61. The first-order valence-corrected chi connectivity index (χ1v) is 5.78. The number of ether oxygens (including phenoxy) is 2. The summed E-state index contributed by atoms with van der Waals surface area (Å²) in [6.45, 7) is 3.15. The molecule has 0 radical (unpaired) electrons. The van der Waals surface area contributed by atoms with Crippen molar-refractivity contribution < 1.29 is 14.3 Å². The zero-order valence-electron chi connectivity index (χ0n) is 9.36. The highest BCUT2D eigenvalue weighted by atomic mass is 32.1. The third kappa shape index (κ3) is 4.54. The van der Waals surface area contributed by atoms with Gasteiger partial charge in [0.05, 0.1) is 13.0 Å². The van der Waals surface area contributed by atoms with Crippen molar-refractivity contribution >= 4 is 22.4 Å². The number of hydrogen-bond acceptors (Lipinski definition) is 7. The summed E-state index contributed by atoms with van der Waals surface area (Å²) in [5.41, 5.74) is 0. The molecule has 1 rings (SSSR count). The second-order valence-corrected chi connectivity index (χ2v) is 3.98. The summed E-state index contributed by atoms with van der Waals surface area (Å²) in [6.07, 6.45) is 0.326. The summed E-state index contributed by atoms with van der Waals surface area (Å²) in [6, 6.07) is 0. The molecule has 0 aliphatic rings. The third-order valence-electron chi connectivity index (χ3n) is 1.65. The number of esters is 1. The highest BCUT2D eigenvalue weighted by Crippen LogP contribution is 2.15. The number of anilines is 1. The van der Waals surface area contributed by atoms with Gasteiger partial charge in [0.1, 0.15) is 11.6 Å². The summed E-state index contributed by atoms with van der Waals surface area (Å²) >= 11 is 1.41. The minimum Gasteiger partial charge on any atom is -0.466 e. The van der Waals surface area contributed by atoms with Gasteiger partial charge in [-0.3, -0.25) is 4.79 Å². The number of nitrogens with zero attached hydrogens (tertiary/aromatic N) is 2. The van der Waals surface area contributed by atoms with Gasteiger partial charge >= 0.3 is 5.97 Å². The van der Waals surface area contributed by atoms with E-state index in [9.17, 15) is 4.79 Å². The zero-order valence-corrected chi connectivity index (χ0v) is 10.2. The van der Waals surface area contributed by atoms with Crippen molar-refractivity contribution in [1.29, 1.82) is 0 Å². The number of hydrogen-bond donors (Lipinski definition) is 1. The predicted octanol–water partition coefficient (Wildman–Crippen LogP) is 1.05. The van der Waals surface area contributed by atoms with Gasteiger partial charge in [0, 0.05) is 13.7 Å². The van der Waals surface area contributed by atoms with Crippen LogP contribution in [0.1, 0.15) is 18.4 Å². The van der Waals surface area contributed by atoms with Crippen molar-refractivity contribution in [2.24, 2.45) is 0 Å². The molecule has 0 saturated carbocycles. The highest BCUT2D eigenvalue weighted by Gasteiger charge is 2.05. The Hall–Kier alpha value is -1.21. The van der Waals surface area contributed by atoms with Crippen molar-refractivity contribution in [3.63, 3.8) is 0 Å². The minimum absolute atomic E-state index is 0.211. The molecule has 16 heavy (non-hydrogen) atoms. The maximum atomic E-state index is 11.0. The fourth-order valence-corrected chi connectivity index (χ4v) is 1.75. The lowest BCUT2D eigenvalue weighted by Crippen LogP contribution is -2.11. The van der Waals surface area contributed by atoms with E-state index >= 15 is 0 Å². The second kappa shape index (κ2) is 7.13. The van der Waals surface area contributed by atoms with Crippen LogP contribution in [0, 0.1) is 0 Å². The normalized spacial score (nSPS) is 10.1. The van der Waals surface area contributed by atoms with E-state index in [-0.39, 0.29) is 5.97 Å². The Morgan fingerprint density at radius 2 is 2.31 bits per heavy atom. The van der Waals surface area contributed by atoms with Gasteiger partial charge in [-0.25, -0.2) is 0 Å². The van der Waals surface area contributed by atoms with E-state index in [1.807, 2.05) is 0 Å². The van der Waals surface area contributed by atoms with Gasteiger partial charge in [0.15, 0.2) is 0 Å². The third-order valence-corrected chi connectivity index (χ3v) is 2.50. The molecule has 0 aromatic carbocycles. The van der Waals surface area contributed by atoms with Crippen molar-refractivity contribution in [1.82, 2.24) is 10.2 Å². The van der Waals surface area contributed by atoms with Crippen molar-refractivity contribution in [3.8, 4) is 0 Å². The Labute approximate surface area is 98.0 Å².